The van der Waals surface area contributed by atoms with Crippen molar-refractivity contribution in [2.24, 2.45) is 0 Å². The van der Waals surface area contributed by atoms with Crippen molar-refractivity contribution >= 4 is 52.9 Å². The van der Waals surface area contributed by atoms with Gasteiger partial charge in [0.15, 0.2) is 138 Å². The number of aromatic hydroxyl groups is 24. The smallest absolute Gasteiger partial charge is 0.251 e. The standard InChI is InChI=1S/C17H19NO5.C16H17NO5.C15H13NO5.2C15H15NO5.C14H13NO5/c19-13-4-1-11(9-15(13)21)3-6-17(23)18-8-7-12-2-5-14(20)16(22)10-12;18-12-3-1-10(7-14(12)20)5-6-17-16(22)9-11-2-4-13(19)15(21)8-11;17-11-4-1-9(7-13(11)19)2-6-15(21)16-10-3-5-12(18)14(20)8-10;17-11-3-1-9(5-13(11)19)7-15(21)16-8-10-2-4-12(18)14(20)6-10;17-11-3-1-9(7-13(11)19)5-6-16-15(21)10-2-4-12(18)14(20)8-10;16-10-3-1-8(5-12(10)18)6-14(20)15-9-2-4-11(17)13(19)7-9/h1-2,4-5,9-10,19-22H,3,6-8H2,(H,18,23);1-4,7-8,18-21H,5-6,9H2,(H,17,22);1-8,17-20H,(H,16,21);1-6,17-20H,7-8H2,(H,16,21);1-4,7-8,17-20H,5-6H2,(H,16,21);1-5,7,16-19H,6H2,(H,15,20)/b;;6-2+;;;. The molecule has 0 saturated carbocycles. The van der Waals surface area contributed by atoms with Crippen LogP contribution in [0, 0.1) is 0 Å². The molecule has 0 aromatic heterocycles. The highest BCUT2D eigenvalue weighted by atomic mass is 16.3. The monoisotopic (exact) mass is 1760 g/mol. The summed E-state index contributed by atoms with van der Waals surface area (Å²) < 4.78 is 0. The molecule has 0 fully saturated rings. The number of aryl methyl sites for hydroxylation is 1. The molecule has 0 heterocycles. The van der Waals surface area contributed by atoms with E-state index < -0.39 is 5.91 Å². The van der Waals surface area contributed by atoms with Crippen molar-refractivity contribution in [3.8, 4) is 138 Å². The van der Waals surface area contributed by atoms with Crippen LogP contribution in [0.3, 0.4) is 0 Å². The lowest BCUT2D eigenvalue weighted by molar-refractivity contribution is -0.121. The zero-order chi connectivity index (χ0) is 93.8. The van der Waals surface area contributed by atoms with Crippen molar-refractivity contribution in [3.63, 3.8) is 0 Å². The lowest BCUT2D eigenvalue weighted by Gasteiger charge is -2.07. The van der Waals surface area contributed by atoms with E-state index in [-0.39, 0.29) is 205 Å². The fraction of sp³-hybridized carbons (Fsp3) is 0.130. The molecule has 0 unspecified atom stereocenters. The summed E-state index contributed by atoms with van der Waals surface area (Å²) in [4.78, 5) is 70.6. The van der Waals surface area contributed by atoms with E-state index >= 15 is 0 Å². The summed E-state index contributed by atoms with van der Waals surface area (Å²) in [6.45, 7) is 1.33. The predicted molar refractivity (Wildman–Crippen MR) is 464 cm³/mol. The summed E-state index contributed by atoms with van der Waals surface area (Å²) in [5.74, 6) is -7.68. The van der Waals surface area contributed by atoms with Gasteiger partial charge < -0.3 is 154 Å². The van der Waals surface area contributed by atoms with Crippen LogP contribution in [-0.4, -0.2) is 178 Å². The van der Waals surface area contributed by atoms with Crippen LogP contribution in [0.15, 0.2) is 224 Å². The Morgan fingerprint density at radius 2 is 0.500 bits per heavy atom. The lowest BCUT2D eigenvalue weighted by atomic mass is 10.1. The largest absolute Gasteiger partial charge is 0.504 e. The molecular weight excluding hydrogens is 1670 g/mol. The fourth-order valence-corrected chi connectivity index (χ4v) is 11.0. The van der Waals surface area contributed by atoms with Gasteiger partial charge in [0.1, 0.15) is 0 Å². The SMILES string of the molecule is O=C(/C=C/c1ccc(O)c(O)c1)Nc1ccc(O)c(O)c1.O=C(CCc1ccc(O)c(O)c1)NCCc1ccc(O)c(O)c1.O=C(Cc1ccc(O)c(O)c1)NCCc1ccc(O)c(O)c1.O=C(Cc1ccc(O)c(O)c1)NCc1ccc(O)c(O)c1.O=C(Cc1ccc(O)c(O)c1)Nc1ccc(O)c(O)c1.O=C(NCCc1ccc(O)c(O)c1)c1ccc(O)c(O)c1. The summed E-state index contributed by atoms with van der Waals surface area (Å²) in [6, 6.07) is 50.6. The Bertz CT molecular complexity index is 5870. The second-order valence-electron chi connectivity index (χ2n) is 27.8. The molecule has 12 aromatic carbocycles. The third-order valence-electron chi connectivity index (χ3n) is 17.9. The molecule has 0 atom stereocenters. The van der Waals surface area contributed by atoms with Gasteiger partial charge in [0.2, 0.25) is 29.5 Å². The van der Waals surface area contributed by atoms with Gasteiger partial charge in [-0.25, -0.2) is 0 Å². The maximum Gasteiger partial charge on any atom is 0.251 e. The van der Waals surface area contributed by atoms with Gasteiger partial charge in [-0.15, -0.1) is 0 Å². The van der Waals surface area contributed by atoms with Crippen LogP contribution in [0.5, 0.6) is 138 Å². The Balaban J connectivity index is 0.000000211. The van der Waals surface area contributed by atoms with Crippen LogP contribution >= 0.6 is 0 Å². The van der Waals surface area contributed by atoms with Gasteiger partial charge in [-0.2, -0.15) is 0 Å². The number of phenols is 24. The molecule has 670 valence electrons. The van der Waals surface area contributed by atoms with E-state index in [2.05, 4.69) is 31.9 Å². The van der Waals surface area contributed by atoms with E-state index in [4.69, 9.17) is 20.4 Å². The van der Waals surface area contributed by atoms with Crippen molar-refractivity contribution in [2.45, 2.75) is 57.9 Å². The minimum atomic E-state index is -0.451. The Labute approximate surface area is 728 Å². The maximum absolute atomic E-state index is 11.8. The first-order chi connectivity index (χ1) is 60.7. The molecule has 12 rings (SSSR count). The summed E-state index contributed by atoms with van der Waals surface area (Å²) in [5.41, 5.74) is 6.90. The van der Waals surface area contributed by atoms with Crippen molar-refractivity contribution in [2.75, 3.05) is 30.3 Å². The Hall–Kier alpha value is -17.6. The molecule has 12 aromatic rings. The normalized spacial score (nSPS) is 10.4. The van der Waals surface area contributed by atoms with E-state index in [0.717, 1.165) is 22.3 Å². The molecule has 0 radical (unpaired) electrons. The number of phenolic OH excluding ortho intramolecular Hbond substituents is 24. The summed E-state index contributed by atoms with van der Waals surface area (Å²) >= 11 is 0. The zero-order valence-corrected chi connectivity index (χ0v) is 67.6. The number of carbonyl (C=O) groups is 6. The van der Waals surface area contributed by atoms with E-state index in [1.807, 2.05) is 0 Å². The molecule has 0 spiro atoms. The van der Waals surface area contributed by atoms with Gasteiger partial charge >= 0.3 is 0 Å². The number of anilines is 2. The lowest BCUT2D eigenvalue weighted by Crippen LogP contribution is -2.27. The molecule has 0 aliphatic heterocycles. The number of amides is 6. The van der Waals surface area contributed by atoms with Gasteiger partial charge in [-0.1, -0.05) is 54.6 Å². The molecular formula is C92H92N6O30. The number of rotatable bonds is 25. The molecule has 0 aliphatic rings. The summed E-state index contributed by atoms with van der Waals surface area (Å²) in [5, 5.41) is 238. The highest BCUT2D eigenvalue weighted by molar-refractivity contribution is 6.02. The van der Waals surface area contributed by atoms with Crippen LogP contribution in [-0.2, 0) is 75.5 Å². The summed E-state index contributed by atoms with van der Waals surface area (Å²) in [7, 11) is 0. The highest BCUT2D eigenvalue weighted by Crippen LogP contribution is 2.35. The minimum Gasteiger partial charge on any atom is -0.504 e. The van der Waals surface area contributed by atoms with Crippen molar-refractivity contribution in [3.05, 3.63) is 280 Å². The molecule has 0 bridgehead atoms. The third-order valence-corrected chi connectivity index (χ3v) is 17.9. The van der Waals surface area contributed by atoms with Crippen LogP contribution < -0.4 is 31.9 Å². The van der Waals surface area contributed by atoms with Gasteiger partial charge in [0.05, 0.1) is 19.3 Å². The molecule has 0 saturated heterocycles. The fourth-order valence-electron chi connectivity index (χ4n) is 11.0. The Morgan fingerprint density at radius 1 is 0.227 bits per heavy atom. The summed E-state index contributed by atoms with van der Waals surface area (Å²) in [6.07, 6.45) is 5.08. The Kier molecular flexibility index (Phi) is 36.2. The average Bonchev–Trinajstić information content (AvgIpc) is 0.831. The van der Waals surface area contributed by atoms with E-state index in [9.17, 15) is 131 Å². The first-order valence-electron chi connectivity index (χ1n) is 38.3. The average molecular weight is 1760 g/mol. The number of benzene rings is 12. The van der Waals surface area contributed by atoms with E-state index in [1.54, 1.807) is 42.5 Å². The van der Waals surface area contributed by atoms with Crippen LogP contribution in [0.1, 0.15) is 66.8 Å². The quantitative estimate of drug-likeness (QED) is 0.0144. The number of hydrogen-bond acceptors (Lipinski definition) is 30. The van der Waals surface area contributed by atoms with Crippen LogP contribution in [0.2, 0.25) is 0 Å². The predicted octanol–water partition coefficient (Wildman–Crippen LogP) is 9.91. The number of hydrogen-bond donors (Lipinski definition) is 30. The first kappa shape index (κ1) is 97.5. The topological polar surface area (TPSA) is 660 Å². The van der Waals surface area contributed by atoms with Gasteiger partial charge in [0.25, 0.3) is 5.91 Å². The molecule has 36 heteroatoms. The third kappa shape index (κ3) is 32.7. The Morgan fingerprint density at radius 3 is 0.867 bits per heavy atom. The van der Waals surface area contributed by atoms with Gasteiger partial charge in [0, 0.05) is 67.7 Å². The van der Waals surface area contributed by atoms with Crippen LogP contribution in [0.4, 0.5) is 11.4 Å². The molecule has 30 N–H and O–H groups in total. The second kappa shape index (κ2) is 47.6. The zero-order valence-electron chi connectivity index (χ0n) is 67.6. The van der Waals surface area contributed by atoms with Gasteiger partial charge in [-0.3, -0.25) is 28.8 Å². The number of nitrogens with one attached hydrogen (secondary N) is 6. The van der Waals surface area contributed by atoms with Crippen molar-refractivity contribution < 1.29 is 151 Å². The molecule has 6 amide bonds. The van der Waals surface area contributed by atoms with E-state index in [1.165, 1.54) is 188 Å². The van der Waals surface area contributed by atoms with Crippen LogP contribution in [0.25, 0.3) is 6.08 Å². The molecule has 128 heavy (non-hydrogen) atoms. The minimum absolute atomic E-state index is 0.00449. The second-order valence-corrected chi connectivity index (χ2v) is 27.8. The highest BCUT2D eigenvalue weighted by Gasteiger charge is 2.16. The van der Waals surface area contributed by atoms with Gasteiger partial charge in [-0.05, 0) is 233 Å². The molecule has 0 aliphatic carbocycles. The number of carbonyl (C=O) groups excluding carboxylic acids is 6. The first-order valence-corrected chi connectivity index (χ1v) is 38.3. The molecule has 36 nitrogen and oxygen atoms in total. The maximum atomic E-state index is 11.8. The van der Waals surface area contributed by atoms with Crippen molar-refractivity contribution in [1.82, 2.24) is 21.3 Å². The van der Waals surface area contributed by atoms with E-state index in [0.29, 0.717) is 84.5 Å². The van der Waals surface area contributed by atoms with Crippen molar-refractivity contribution in [1.29, 1.82) is 0 Å².